The predicted molar refractivity (Wildman–Crippen MR) is 125 cm³/mol. The number of thioether (sulfide) groups is 1. The van der Waals surface area contributed by atoms with Crippen molar-refractivity contribution in [2.24, 2.45) is 4.99 Å². The Morgan fingerprint density at radius 1 is 1.22 bits per heavy atom. The third-order valence-electron chi connectivity index (χ3n) is 4.15. The van der Waals surface area contributed by atoms with Gasteiger partial charge in [0, 0.05) is 36.9 Å². The largest absolute Gasteiger partial charge is 0.356 e. The van der Waals surface area contributed by atoms with Gasteiger partial charge in [0.25, 0.3) is 5.89 Å². The average molecular weight is 503 g/mol. The van der Waals surface area contributed by atoms with Crippen LogP contribution in [0.5, 0.6) is 0 Å². The van der Waals surface area contributed by atoms with Gasteiger partial charge in [0.15, 0.2) is 11.8 Å². The van der Waals surface area contributed by atoms with E-state index in [4.69, 9.17) is 4.52 Å². The van der Waals surface area contributed by atoms with E-state index in [1.54, 1.807) is 7.05 Å². The van der Waals surface area contributed by atoms with Gasteiger partial charge in [-0.2, -0.15) is 16.7 Å². The second-order valence-corrected chi connectivity index (χ2v) is 8.15. The Morgan fingerprint density at radius 2 is 1.93 bits per heavy atom. The average Bonchev–Trinajstić information content (AvgIpc) is 3.14. The van der Waals surface area contributed by atoms with Crippen LogP contribution < -0.4 is 10.6 Å². The van der Waals surface area contributed by atoms with Crippen LogP contribution in [0.1, 0.15) is 32.2 Å². The minimum absolute atomic E-state index is 0. The van der Waals surface area contributed by atoms with Crippen LogP contribution in [0, 0.1) is 0 Å². The van der Waals surface area contributed by atoms with Gasteiger partial charge in [-0.05, 0) is 44.2 Å². The second kappa shape index (κ2) is 11.5. The molecule has 1 aromatic heterocycles. The molecule has 1 heterocycles. The van der Waals surface area contributed by atoms with E-state index in [-0.39, 0.29) is 28.7 Å². The van der Waals surface area contributed by atoms with Crippen LogP contribution in [0.15, 0.2) is 33.8 Å². The topological polar surface area (TPSA) is 75.3 Å². The van der Waals surface area contributed by atoms with E-state index in [1.807, 2.05) is 30.8 Å². The van der Waals surface area contributed by atoms with Crippen LogP contribution in [-0.2, 0) is 12.8 Å². The zero-order valence-electron chi connectivity index (χ0n) is 16.7. The van der Waals surface area contributed by atoms with Gasteiger partial charge in [0.1, 0.15) is 0 Å². The number of hydrogen-bond acceptors (Lipinski definition) is 5. The first kappa shape index (κ1) is 23.7. The molecule has 6 nitrogen and oxygen atoms in total. The van der Waals surface area contributed by atoms with Crippen molar-refractivity contribution >= 4 is 41.7 Å². The molecule has 1 aromatic carbocycles. The van der Waals surface area contributed by atoms with Gasteiger partial charge in [-0.15, -0.1) is 24.0 Å². The first-order chi connectivity index (χ1) is 12.5. The SMILES string of the molecule is CCc1noc(-c2ccc(CCNC(=NC)NCC(C)(C)SC)cc2)n1.I. The zero-order valence-corrected chi connectivity index (χ0v) is 19.9. The van der Waals surface area contributed by atoms with E-state index in [9.17, 15) is 0 Å². The smallest absolute Gasteiger partial charge is 0.257 e. The summed E-state index contributed by atoms with van der Waals surface area (Å²) in [7, 11) is 1.80. The standard InChI is InChI=1S/C19H29N5OS.HI/c1-6-16-23-17(25-24-16)15-9-7-14(8-10-15)11-12-21-18(20-4)22-13-19(2,3)26-5;/h7-10H,6,11-13H2,1-5H3,(H2,20,21,22);1H. The predicted octanol–water partition coefficient (Wildman–Crippen LogP) is 3.77. The Bertz CT molecular complexity index is 715. The fourth-order valence-electron chi connectivity index (χ4n) is 2.24. The van der Waals surface area contributed by atoms with Crippen LogP contribution in [0.25, 0.3) is 11.5 Å². The lowest BCUT2D eigenvalue weighted by Gasteiger charge is -2.23. The highest BCUT2D eigenvalue weighted by atomic mass is 127. The van der Waals surface area contributed by atoms with Gasteiger partial charge in [0.2, 0.25) is 0 Å². The minimum atomic E-state index is 0. The van der Waals surface area contributed by atoms with Gasteiger partial charge < -0.3 is 15.2 Å². The van der Waals surface area contributed by atoms with Crippen LogP contribution in [0.2, 0.25) is 0 Å². The molecule has 0 fully saturated rings. The first-order valence-corrected chi connectivity index (χ1v) is 10.1. The zero-order chi connectivity index (χ0) is 19.0. The Labute approximate surface area is 183 Å². The molecule has 0 aliphatic rings. The van der Waals surface area contributed by atoms with Crippen molar-refractivity contribution in [1.29, 1.82) is 0 Å². The van der Waals surface area contributed by atoms with E-state index in [2.05, 4.69) is 58.0 Å². The van der Waals surface area contributed by atoms with E-state index in [0.29, 0.717) is 5.89 Å². The highest BCUT2D eigenvalue weighted by molar-refractivity contribution is 14.0. The Morgan fingerprint density at radius 3 is 2.48 bits per heavy atom. The monoisotopic (exact) mass is 503 g/mol. The number of hydrogen-bond donors (Lipinski definition) is 2. The molecule has 0 radical (unpaired) electrons. The molecule has 0 aliphatic carbocycles. The summed E-state index contributed by atoms with van der Waals surface area (Å²) in [6.45, 7) is 8.12. The van der Waals surface area contributed by atoms with E-state index < -0.39 is 0 Å². The number of rotatable bonds is 8. The van der Waals surface area contributed by atoms with Crippen molar-refractivity contribution in [1.82, 2.24) is 20.8 Å². The second-order valence-electron chi connectivity index (χ2n) is 6.63. The number of guanidine groups is 1. The molecule has 0 saturated heterocycles. The first-order valence-electron chi connectivity index (χ1n) is 8.89. The molecule has 150 valence electrons. The lowest BCUT2D eigenvalue weighted by molar-refractivity contribution is 0.423. The fourth-order valence-corrected chi connectivity index (χ4v) is 2.46. The number of aromatic nitrogens is 2. The normalized spacial score (nSPS) is 11.8. The number of benzene rings is 1. The molecule has 8 heteroatoms. The van der Waals surface area contributed by atoms with Gasteiger partial charge >= 0.3 is 0 Å². The maximum absolute atomic E-state index is 5.27. The Hall–Kier alpha value is -1.29. The summed E-state index contributed by atoms with van der Waals surface area (Å²) in [5.74, 6) is 2.14. The van der Waals surface area contributed by atoms with Crippen molar-refractivity contribution in [2.75, 3.05) is 26.4 Å². The van der Waals surface area contributed by atoms with Crippen molar-refractivity contribution in [3.8, 4) is 11.5 Å². The van der Waals surface area contributed by atoms with Crippen molar-refractivity contribution in [2.45, 2.75) is 38.4 Å². The van der Waals surface area contributed by atoms with Crippen molar-refractivity contribution < 1.29 is 4.52 Å². The summed E-state index contributed by atoms with van der Waals surface area (Å²) in [6, 6.07) is 8.24. The maximum atomic E-state index is 5.27. The summed E-state index contributed by atoms with van der Waals surface area (Å²) in [4.78, 5) is 8.63. The van der Waals surface area contributed by atoms with Crippen LogP contribution >= 0.6 is 35.7 Å². The lowest BCUT2D eigenvalue weighted by atomic mass is 10.1. The number of nitrogens with one attached hydrogen (secondary N) is 2. The molecule has 0 saturated carbocycles. The molecule has 0 unspecified atom stereocenters. The molecular weight excluding hydrogens is 473 g/mol. The quantitative estimate of drug-likeness (QED) is 0.325. The summed E-state index contributed by atoms with van der Waals surface area (Å²) in [6.07, 6.45) is 3.81. The Kier molecular flexibility index (Phi) is 10.1. The number of nitrogens with zero attached hydrogens (tertiary/aromatic N) is 3. The van der Waals surface area contributed by atoms with Gasteiger partial charge in [-0.3, -0.25) is 4.99 Å². The van der Waals surface area contributed by atoms with E-state index in [1.165, 1.54) is 5.56 Å². The summed E-state index contributed by atoms with van der Waals surface area (Å²) >= 11 is 1.84. The van der Waals surface area contributed by atoms with Crippen molar-refractivity contribution in [3.05, 3.63) is 35.7 Å². The molecule has 2 rings (SSSR count). The molecule has 0 amide bonds. The van der Waals surface area contributed by atoms with Gasteiger partial charge in [-0.1, -0.05) is 24.2 Å². The van der Waals surface area contributed by atoms with Crippen molar-refractivity contribution in [3.63, 3.8) is 0 Å². The fraction of sp³-hybridized carbons (Fsp3) is 0.526. The highest BCUT2D eigenvalue weighted by Crippen LogP contribution is 2.19. The van der Waals surface area contributed by atoms with Crippen LogP contribution in [-0.4, -0.2) is 47.2 Å². The highest BCUT2D eigenvalue weighted by Gasteiger charge is 2.16. The number of aryl methyl sites for hydroxylation is 1. The molecule has 0 spiro atoms. The van der Waals surface area contributed by atoms with Crippen LogP contribution in [0.3, 0.4) is 0 Å². The Balaban J connectivity index is 0.00000364. The van der Waals surface area contributed by atoms with E-state index >= 15 is 0 Å². The third-order valence-corrected chi connectivity index (χ3v) is 5.40. The molecule has 0 aliphatic heterocycles. The molecule has 0 bridgehead atoms. The molecule has 0 atom stereocenters. The number of aliphatic imine (C=N–C) groups is 1. The third kappa shape index (κ3) is 7.69. The lowest BCUT2D eigenvalue weighted by Crippen LogP contribution is -2.43. The minimum Gasteiger partial charge on any atom is -0.356 e. The summed E-state index contributed by atoms with van der Waals surface area (Å²) < 4.78 is 5.45. The van der Waals surface area contributed by atoms with E-state index in [0.717, 1.165) is 43.3 Å². The molecule has 27 heavy (non-hydrogen) atoms. The summed E-state index contributed by atoms with van der Waals surface area (Å²) in [5, 5.41) is 10.7. The van der Waals surface area contributed by atoms with Crippen LogP contribution in [0.4, 0.5) is 0 Å². The maximum Gasteiger partial charge on any atom is 0.257 e. The van der Waals surface area contributed by atoms with Gasteiger partial charge in [0.05, 0.1) is 0 Å². The van der Waals surface area contributed by atoms with Gasteiger partial charge in [-0.25, -0.2) is 0 Å². The molecule has 2 N–H and O–H groups in total. The molecule has 2 aromatic rings. The number of halogens is 1. The summed E-state index contributed by atoms with van der Waals surface area (Å²) in [5.41, 5.74) is 2.20. The molecular formula is C19H30IN5OS.